The van der Waals surface area contributed by atoms with Gasteiger partial charge in [0.25, 0.3) is 5.69 Å². The topological polar surface area (TPSA) is 98.9 Å². The molecule has 0 radical (unpaired) electrons. The van der Waals surface area contributed by atoms with Crippen molar-refractivity contribution in [2.75, 3.05) is 30.0 Å². The van der Waals surface area contributed by atoms with Gasteiger partial charge in [-0.15, -0.1) is 0 Å². The van der Waals surface area contributed by atoms with Gasteiger partial charge in [0, 0.05) is 19.2 Å². The zero-order valence-electron chi connectivity index (χ0n) is 9.65. The van der Waals surface area contributed by atoms with Crippen LogP contribution in [0.4, 0.5) is 11.4 Å². The lowest BCUT2D eigenvalue weighted by molar-refractivity contribution is -0.384. The standard InChI is InChI=1S/C10H15N3O4S/c14-13(15)10-4-2-1-3-9(10)11-12-5-7-18(16,17)8-6-12/h1-4,11,16-17H,5-8H2. The summed E-state index contributed by atoms with van der Waals surface area (Å²) in [5.74, 6) is 0.585. The summed E-state index contributed by atoms with van der Waals surface area (Å²) in [4.78, 5) is 10.4. The van der Waals surface area contributed by atoms with Crippen LogP contribution in [0, 0.1) is 10.1 Å². The number of nitrogens with one attached hydrogen (secondary N) is 1. The van der Waals surface area contributed by atoms with Gasteiger partial charge < -0.3 is 5.43 Å². The second kappa shape index (κ2) is 5.11. The largest absolute Gasteiger partial charge is 0.313 e. The highest BCUT2D eigenvalue weighted by Gasteiger charge is 2.23. The molecule has 18 heavy (non-hydrogen) atoms. The Balaban J connectivity index is 2.04. The van der Waals surface area contributed by atoms with Gasteiger partial charge in [-0.05, 0) is 6.07 Å². The summed E-state index contributed by atoms with van der Waals surface area (Å²) in [6, 6.07) is 6.38. The summed E-state index contributed by atoms with van der Waals surface area (Å²) < 4.78 is 19.0. The predicted molar refractivity (Wildman–Crippen MR) is 70.9 cm³/mol. The van der Waals surface area contributed by atoms with Crippen LogP contribution in [0.3, 0.4) is 0 Å². The van der Waals surface area contributed by atoms with E-state index >= 15 is 0 Å². The summed E-state index contributed by atoms with van der Waals surface area (Å²) >= 11 is 0. The summed E-state index contributed by atoms with van der Waals surface area (Å²) in [6.45, 7) is 0.906. The lowest BCUT2D eigenvalue weighted by Gasteiger charge is -2.41. The van der Waals surface area contributed by atoms with E-state index in [4.69, 9.17) is 0 Å². The highest BCUT2D eigenvalue weighted by molar-refractivity contribution is 8.24. The molecule has 1 aromatic rings. The fourth-order valence-corrected chi connectivity index (χ4v) is 2.97. The molecule has 100 valence electrons. The first kappa shape index (κ1) is 13.1. The third-order valence-electron chi connectivity index (χ3n) is 2.76. The Morgan fingerprint density at radius 3 is 2.50 bits per heavy atom. The third-order valence-corrected chi connectivity index (χ3v) is 4.43. The van der Waals surface area contributed by atoms with Gasteiger partial charge in [0.15, 0.2) is 0 Å². The molecular weight excluding hydrogens is 258 g/mol. The smallest absolute Gasteiger partial charge is 0.293 e. The van der Waals surface area contributed by atoms with Crippen molar-refractivity contribution in [1.82, 2.24) is 5.01 Å². The van der Waals surface area contributed by atoms with Crippen molar-refractivity contribution in [3.05, 3.63) is 34.4 Å². The molecule has 0 spiro atoms. The van der Waals surface area contributed by atoms with Gasteiger partial charge >= 0.3 is 0 Å². The number of nitro groups is 1. The first-order valence-electron chi connectivity index (χ1n) is 5.46. The van der Waals surface area contributed by atoms with Gasteiger partial charge in [0.05, 0.1) is 16.4 Å². The van der Waals surface area contributed by atoms with E-state index < -0.39 is 15.5 Å². The van der Waals surface area contributed by atoms with Gasteiger partial charge in [-0.3, -0.25) is 19.2 Å². The molecule has 0 aromatic heterocycles. The number of hydrogen-bond donors (Lipinski definition) is 3. The molecule has 0 bridgehead atoms. The summed E-state index contributed by atoms with van der Waals surface area (Å²) in [5.41, 5.74) is 3.38. The second-order valence-electron chi connectivity index (χ2n) is 4.08. The van der Waals surface area contributed by atoms with Crippen molar-refractivity contribution in [1.29, 1.82) is 0 Å². The van der Waals surface area contributed by atoms with Crippen molar-refractivity contribution in [3.63, 3.8) is 0 Å². The predicted octanol–water partition coefficient (Wildman–Crippen LogP) is 1.99. The summed E-state index contributed by atoms with van der Waals surface area (Å²) in [7, 11) is -2.45. The van der Waals surface area contributed by atoms with Crippen molar-refractivity contribution >= 4 is 22.0 Å². The van der Waals surface area contributed by atoms with Crippen LogP contribution in [0.5, 0.6) is 0 Å². The van der Waals surface area contributed by atoms with E-state index in [1.165, 1.54) is 6.07 Å². The lowest BCUT2D eigenvalue weighted by Crippen LogP contribution is -2.41. The normalized spacial score (nSPS) is 21.2. The number of anilines is 1. The van der Waals surface area contributed by atoms with E-state index in [0.29, 0.717) is 30.3 Å². The quantitative estimate of drug-likeness (QED) is 0.575. The monoisotopic (exact) mass is 273 g/mol. The maximum Gasteiger partial charge on any atom is 0.293 e. The Morgan fingerprint density at radius 1 is 1.28 bits per heavy atom. The average Bonchev–Trinajstić information content (AvgIpc) is 2.32. The molecule has 0 aliphatic carbocycles. The van der Waals surface area contributed by atoms with E-state index in [1.54, 1.807) is 23.2 Å². The van der Waals surface area contributed by atoms with Gasteiger partial charge in [0.1, 0.15) is 5.69 Å². The maximum absolute atomic E-state index is 10.8. The second-order valence-corrected chi connectivity index (χ2v) is 6.50. The highest BCUT2D eigenvalue weighted by Crippen LogP contribution is 2.40. The fraction of sp³-hybridized carbons (Fsp3) is 0.400. The van der Waals surface area contributed by atoms with Crippen LogP contribution < -0.4 is 5.43 Å². The van der Waals surface area contributed by atoms with Crippen molar-refractivity contribution in [2.24, 2.45) is 0 Å². The van der Waals surface area contributed by atoms with E-state index in [1.807, 2.05) is 0 Å². The number of nitrogens with zero attached hydrogens (tertiary/aromatic N) is 2. The van der Waals surface area contributed by atoms with Crippen molar-refractivity contribution in [2.45, 2.75) is 0 Å². The minimum atomic E-state index is -2.45. The van der Waals surface area contributed by atoms with E-state index in [2.05, 4.69) is 5.43 Å². The first-order chi connectivity index (χ1) is 8.48. The summed E-state index contributed by atoms with van der Waals surface area (Å²) in [5, 5.41) is 12.6. The highest BCUT2D eigenvalue weighted by atomic mass is 32.3. The Morgan fingerprint density at radius 2 is 1.89 bits per heavy atom. The molecule has 0 amide bonds. The molecule has 7 nitrogen and oxygen atoms in total. The Hall–Kier alpha value is -1.35. The van der Waals surface area contributed by atoms with Crippen molar-refractivity contribution in [3.8, 4) is 0 Å². The Bertz CT molecular complexity index is 445. The molecular formula is C10H15N3O4S. The number of benzene rings is 1. The zero-order chi connectivity index (χ0) is 13.2. The van der Waals surface area contributed by atoms with Gasteiger partial charge in [0.2, 0.25) is 0 Å². The van der Waals surface area contributed by atoms with E-state index in [-0.39, 0.29) is 5.69 Å². The van der Waals surface area contributed by atoms with Crippen LogP contribution in [0.2, 0.25) is 0 Å². The molecule has 8 heteroatoms. The lowest BCUT2D eigenvalue weighted by atomic mass is 10.3. The van der Waals surface area contributed by atoms with Crippen LogP contribution >= 0.6 is 10.6 Å². The molecule has 3 N–H and O–H groups in total. The van der Waals surface area contributed by atoms with Gasteiger partial charge in [-0.1, -0.05) is 12.1 Å². The van der Waals surface area contributed by atoms with Gasteiger partial charge in [-0.25, -0.2) is 5.01 Å². The molecule has 2 rings (SSSR count). The molecule has 0 saturated carbocycles. The Kier molecular flexibility index (Phi) is 3.71. The van der Waals surface area contributed by atoms with Crippen LogP contribution in [0.25, 0.3) is 0 Å². The minimum absolute atomic E-state index is 0.00896. The number of rotatable bonds is 3. The molecule has 1 aliphatic heterocycles. The van der Waals surface area contributed by atoms with E-state index in [9.17, 15) is 19.2 Å². The maximum atomic E-state index is 10.8. The number of hydrogen-bond acceptors (Lipinski definition) is 6. The number of hydrazine groups is 1. The third kappa shape index (κ3) is 3.10. The molecule has 1 aliphatic rings. The number of para-hydroxylation sites is 2. The number of nitro benzene ring substituents is 1. The molecule has 0 atom stereocenters. The zero-order valence-corrected chi connectivity index (χ0v) is 10.5. The van der Waals surface area contributed by atoms with Crippen LogP contribution in [-0.4, -0.2) is 43.6 Å². The molecule has 1 aromatic carbocycles. The molecule has 1 saturated heterocycles. The molecule has 1 heterocycles. The van der Waals surface area contributed by atoms with Crippen LogP contribution in [0.1, 0.15) is 0 Å². The van der Waals surface area contributed by atoms with E-state index in [0.717, 1.165) is 0 Å². The summed E-state index contributed by atoms with van der Waals surface area (Å²) in [6.07, 6.45) is 0. The Labute approximate surface area is 106 Å². The SMILES string of the molecule is O=[N+]([O-])c1ccccc1NN1CCS(O)(O)CC1. The molecule has 0 unspecified atom stereocenters. The van der Waals surface area contributed by atoms with Crippen LogP contribution in [0.15, 0.2) is 24.3 Å². The van der Waals surface area contributed by atoms with Crippen LogP contribution in [-0.2, 0) is 0 Å². The van der Waals surface area contributed by atoms with Crippen molar-refractivity contribution < 1.29 is 14.0 Å². The minimum Gasteiger partial charge on any atom is -0.313 e. The fourth-order valence-electron chi connectivity index (χ4n) is 1.74. The van der Waals surface area contributed by atoms with Gasteiger partial charge in [-0.2, -0.15) is 10.6 Å². The average molecular weight is 273 g/mol. The first-order valence-corrected chi connectivity index (χ1v) is 7.35. The molecule has 1 fully saturated rings.